The van der Waals surface area contributed by atoms with Gasteiger partial charge >= 0.3 is 0 Å². The Labute approximate surface area is 126 Å². The summed E-state index contributed by atoms with van der Waals surface area (Å²) >= 11 is 2.14. The van der Waals surface area contributed by atoms with Gasteiger partial charge in [0.15, 0.2) is 0 Å². The summed E-state index contributed by atoms with van der Waals surface area (Å²) in [4.78, 5) is 17.2. The second-order valence-corrected chi connectivity index (χ2v) is 6.02. The average molecular weight is 309 g/mol. The van der Waals surface area contributed by atoms with Crippen LogP contribution < -0.4 is 4.74 Å². The lowest BCUT2D eigenvalue weighted by Gasteiger charge is -2.06. The molecule has 0 spiro atoms. The summed E-state index contributed by atoms with van der Waals surface area (Å²) in [6.07, 6.45) is 0. The first-order chi connectivity index (χ1) is 9.54. The van der Waals surface area contributed by atoms with E-state index in [1.807, 2.05) is 25.1 Å². The van der Waals surface area contributed by atoms with E-state index in [9.17, 15) is 4.79 Å². The van der Waals surface area contributed by atoms with Crippen molar-refractivity contribution in [2.75, 3.05) is 14.1 Å². The standard InChI is InChI=1S/C13H15N3O2S2/c1-9-5-4-6-10(7-9)8-18-12-14-11(15-20-12)19-13(17)16(2)3/h4-7H,8H2,1-3H3. The minimum atomic E-state index is -0.104. The molecule has 1 amide bonds. The zero-order chi connectivity index (χ0) is 14.5. The molecule has 0 atom stereocenters. The molecule has 0 radical (unpaired) electrons. The summed E-state index contributed by atoms with van der Waals surface area (Å²) in [6.45, 7) is 2.48. The van der Waals surface area contributed by atoms with Gasteiger partial charge in [0.1, 0.15) is 6.61 Å². The van der Waals surface area contributed by atoms with E-state index in [2.05, 4.69) is 15.4 Å². The van der Waals surface area contributed by atoms with E-state index in [4.69, 9.17) is 4.74 Å². The Morgan fingerprint density at radius 1 is 1.45 bits per heavy atom. The maximum Gasteiger partial charge on any atom is 0.294 e. The fourth-order valence-corrected chi connectivity index (χ4v) is 2.64. The number of ether oxygens (including phenoxy) is 1. The van der Waals surface area contributed by atoms with Gasteiger partial charge in [-0.05, 0) is 12.5 Å². The van der Waals surface area contributed by atoms with Gasteiger partial charge in [0.05, 0.1) is 0 Å². The third kappa shape index (κ3) is 4.21. The van der Waals surface area contributed by atoms with Gasteiger partial charge in [-0.25, -0.2) is 0 Å². The fraction of sp³-hybridized carbons (Fsp3) is 0.308. The summed E-state index contributed by atoms with van der Waals surface area (Å²) < 4.78 is 9.67. The van der Waals surface area contributed by atoms with Crippen molar-refractivity contribution in [1.82, 2.24) is 14.3 Å². The van der Waals surface area contributed by atoms with Crippen molar-refractivity contribution < 1.29 is 9.53 Å². The molecule has 1 heterocycles. The molecule has 0 aliphatic carbocycles. The minimum Gasteiger partial charge on any atom is -0.464 e. The monoisotopic (exact) mass is 309 g/mol. The van der Waals surface area contributed by atoms with E-state index < -0.39 is 0 Å². The molecular formula is C13H15N3O2S2. The van der Waals surface area contributed by atoms with Gasteiger partial charge in [-0.3, -0.25) is 4.79 Å². The van der Waals surface area contributed by atoms with Crippen molar-refractivity contribution in [3.05, 3.63) is 35.4 Å². The summed E-state index contributed by atoms with van der Waals surface area (Å²) in [5.74, 6) is 0. The number of nitrogens with zero attached hydrogens (tertiary/aromatic N) is 3. The molecule has 106 valence electrons. The Hall–Kier alpha value is -1.60. The number of aryl methyl sites for hydroxylation is 1. The minimum absolute atomic E-state index is 0.104. The predicted molar refractivity (Wildman–Crippen MR) is 80.4 cm³/mol. The normalized spacial score (nSPS) is 10.3. The van der Waals surface area contributed by atoms with Crippen molar-refractivity contribution in [2.24, 2.45) is 0 Å². The number of thioether (sulfide) groups is 1. The van der Waals surface area contributed by atoms with Gasteiger partial charge in [-0.1, -0.05) is 29.8 Å². The Kier molecular flexibility index (Phi) is 4.97. The highest BCUT2D eigenvalue weighted by Gasteiger charge is 2.12. The van der Waals surface area contributed by atoms with Crippen LogP contribution in [0.2, 0.25) is 0 Å². The smallest absolute Gasteiger partial charge is 0.294 e. The summed E-state index contributed by atoms with van der Waals surface area (Å²) in [7, 11) is 3.38. The van der Waals surface area contributed by atoms with E-state index in [-0.39, 0.29) is 5.24 Å². The highest BCUT2D eigenvalue weighted by Crippen LogP contribution is 2.24. The molecule has 5 nitrogen and oxygen atoms in total. The SMILES string of the molecule is Cc1cccc(COc2nc(SC(=O)N(C)C)ns2)c1. The lowest BCUT2D eigenvalue weighted by molar-refractivity contribution is 0.241. The first-order valence-corrected chi connectivity index (χ1v) is 7.55. The number of carbonyl (C=O) groups is 1. The third-order valence-electron chi connectivity index (χ3n) is 2.38. The quantitative estimate of drug-likeness (QED) is 0.812. The highest BCUT2D eigenvalue weighted by atomic mass is 32.2. The lowest BCUT2D eigenvalue weighted by Crippen LogP contribution is -2.16. The van der Waals surface area contributed by atoms with Gasteiger partial charge in [0.2, 0.25) is 5.16 Å². The largest absolute Gasteiger partial charge is 0.464 e. The van der Waals surface area contributed by atoms with E-state index >= 15 is 0 Å². The van der Waals surface area contributed by atoms with Gasteiger partial charge in [-0.2, -0.15) is 9.36 Å². The maximum absolute atomic E-state index is 11.5. The highest BCUT2D eigenvalue weighted by molar-refractivity contribution is 8.13. The van der Waals surface area contributed by atoms with Crippen molar-refractivity contribution in [2.45, 2.75) is 18.7 Å². The van der Waals surface area contributed by atoms with Crippen LogP contribution in [0.4, 0.5) is 4.79 Å². The van der Waals surface area contributed by atoms with Crippen LogP contribution in [0.15, 0.2) is 29.4 Å². The van der Waals surface area contributed by atoms with Crippen LogP contribution in [0.1, 0.15) is 11.1 Å². The molecular weight excluding hydrogens is 294 g/mol. The van der Waals surface area contributed by atoms with Gasteiger partial charge in [0, 0.05) is 37.4 Å². The van der Waals surface area contributed by atoms with E-state index in [0.29, 0.717) is 17.0 Å². The number of hydrogen-bond acceptors (Lipinski definition) is 6. The van der Waals surface area contributed by atoms with Crippen LogP contribution in [-0.4, -0.2) is 33.6 Å². The Morgan fingerprint density at radius 2 is 2.25 bits per heavy atom. The molecule has 0 aliphatic rings. The molecule has 1 aromatic heterocycles. The van der Waals surface area contributed by atoms with Crippen LogP contribution in [-0.2, 0) is 6.61 Å². The molecule has 20 heavy (non-hydrogen) atoms. The number of aromatic nitrogens is 2. The first-order valence-electron chi connectivity index (χ1n) is 5.96. The molecule has 0 N–H and O–H groups in total. The average Bonchev–Trinajstić information content (AvgIpc) is 2.84. The van der Waals surface area contributed by atoms with E-state index in [0.717, 1.165) is 28.9 Å². The lowest BCUT2D eigenvalue weighted by atomic mass is 10.1. The Balaban J connectivity index is 1.91. The number of rotatable bonds is 4. The number of hydrogen-bond donors (Lipinski definition) is 0. The van der Waals surface area contributed by atoms with Crippen molar-refractivity contribution in [3.8, 4) is 5.19 Å². The number of amides is 1. The van der Waals surface area contributed by atoms with E-state index in [1.54, 1.807) is 14.1 Å². The molecule has 0 saturated heterocycles. The topological polar surface area (TPSA) is 55.3 Å². The molecule has 0 bridgehead atoms. The van der Waals surface area contributed by atoms with Crippen molar-refractivity contribution in [3.63, 3.8) is 0 Å². The van der Waals surface area contributed by atoms with Crippen LogP contribution in [0.3, 0.4) is 0 Å². The molecule has 2 aromatic rings. The molecule has 2 rings (SSSR count). The summed E-state index contributed by atoms with van der Waals surface area (Å²) in [5.41, 5.74) is 2.27. The second kappa shape index (κ2) is 6.71. The van der Waals surface area contributed by atoms with Crippen molar-refractivity contribution >= 4 is 28.5 Å². The second-order valence-electron chi connectivity index (χ2n) is 4.38. The predicted octanol–water partition coefficient (Wildman–Crippen LogP) is 3.20. The Morgan fingerprint density at radius 3 is 2.95 bits per heavy atom. The number of carbonyl (C=O) groups excluding carboxylic acids is 1. The van der Waals surface area contributed by atoms with Crippen molar-refractivity contribution in [1.29, 1.82) is 0 Å². The third-order valence-corrected chi connectivity index (χ3v) is 4.03. The van der Waals surface area contributed by atoms with Crippen LogP contribution in [0, 0.1) is 6.92 Å². The molecule has 0 fully saturated rings. The molecule has 7 heteroatoms. The number of benzene rings is 1. The summed E-state index contributed by atoms with van der Waals surface area (Å²) in [5, 5.41) is 0.793. The van der Waals surface area contributed by atoms with E-state index in [1.165, 1.54) is 10.5 Å². The molecule has 0 unspecified atom stereocenters. The molecule has 0 aliphatic heterocycles. The molecule has 0 saturated carbocycles. The van der Waals surface area contributed by atoms with Crippen LogP contribution >= 0.6 is 23.3 Å². The zero-order valence-corrected chi connectivity index (χ0v) is 13.1. The summed E-state index contributed by atoms with van der Waals surface area (Å²) in [6, 6.07) is 8.09. The van der Waals surface area contributed by atoms with Gasteiger partial charge in [-0.15, -0.1) is 0 Å². The van der Waals surface area contributed by atoms with Crippen LogP contribution in [0.5, 0.6) is 5.19 Å². The fourth-order valence-electron chi connectivity index (χ4n) is 1.41. The Bertz CT molecular complexity index is 599. The maximum atomic E-state index is 11.5. The first kappa shape index (κ1) is 14.8. The van der Waals surface area contributed by atoms with Gasteiger partial charge < -0.3 is 9.64 Å². The van der Waals surface area contributed by atoms with Gasteiger partial charge in [0.25, 0.3) is 10.4 Å². The zero-order valence-electron chi connectivity index (χ0n) is 11.5. The molecule has 1 aromatic carbocycles. The van der Waals surface area contributed by atoms with Crippen LogP contribution in [0.25, 0.3) is 0 Å².